The number of hydrogen-bond acceptors (Lipinski definition) is 4. The number of nitrogens with zero attached hydrogens (tertiary/aromatic N) is 1. The third-order valence-corrected chi connectivity index (χ3v) is 7.88. The van der Waals surface area contributed by atoms with Crippen LogP contribution in [0.2, 0.25) is 10.0 Å². The average Bonchev–Trinajstić information content (AvgIpc) is 2.94. The fourth-order valence-electron chi connectivity index (χ4n) is 4.39. The number of ether oxygens (including phenoxy) is 1. The van der Waals surface area contributed by atoms with Gasteiger partial charge in [0, 0.05) is 33.7 Å². The molecule has 0 aliphatic carbocycles. The van der Waals surface area contributed by atoms with Crippen molar-refractivity contribution < 1.29 is 19.4 Å². The van der Waals surface area contributed by atoms with E-state index >= 15 is 0 Å². The third-order valence-electron chi connectivity index (χ3n) is 6.30. The van der Waals surface area contributed by atoms with Crippen LogP contribution in [0, 0.1) is 6.92 Å². The molecule has 5 nitrogen and oxygen atoms in total. The van der Waals surface area contributed by atoms with E-state index in [1.54, 1.807) is 30.0 Å². The summed E-state index contributed by atoms with van der Waals surface area (Å²) >= 11 is 14.3. The number of carbonyl (C=O) groups is 2. The summed E-state index contributed by atoms with van der Waals surface area (Å²) in [5.74, 6) is 0.0660. The highest BCUT2D eigenvalue weighted by Crippen LogP contribution is 2.33. The van der Waals surface area contributed by atoms with E-state index < -0.39 is 5.97 Å². The summed E-state index contributed by atoms with van der Waals surface area (Å²) in [7, 11) is 0. The molecule has 0 fully saturated rings. The lowest BCUT2D eigenvalue weighted by molar-refractivity contribution is -0.139. The van der Waals surface area contributed by atoms with Gasteiger partial charge < -0.3 is 14.7 Å². The Balaban J connectivity index is 1.57. The number of carboxylic acid groups (broad SMARTS) is 1. The quantitative estimate of drug-likeness (QED) is 0.168. The predicted molar refractivity (Wildman–Crippen MR) is 161 cm³/mol. The number of rotatable bonds is 12. The molecule has 206 valence electrons. The lowest BCUT2D eigenvalue weighted by atomic mass is 9.96. The molecule has 0 bridgehead atoms. The van der Waals surface area contributed by atoms with Crippen molar-refractivity contribution in [1.82, 2.24) is 4.90 Å². The summed E-state index contributed by atoms with van der Waals surface area (Å²) in [4.78, 5) is 27.6. The summed E-state index contributed by atoms with van der Waals surface area (Å²) in [5.41, 5.74) is 3.67. The summed E-state index contributed by atoms with van der Waals surface area (Å²) < 4.78 is 5.32. The fourth-order valence-corrected chi connectivity index (χ4v) is 5.80. The molecule has 40 heavy (non-hydrogen) atoms. The second-order valence-corrected chi connectivity index (χ2v) is 11.2. The minimum absolute atomic E-state index is 0.00523. The molecule has 4 aromatic rings. The maximum Gasteiger partial charge on any atom is 0.341 e. The van der Waals surface area contributed by atoms with Gasteiger partial charge in [-0.05, 0) is 59.5 Å². The number of carboxylic acids is 1. The summed E-state index contributed by atoms with van der Waals surface area (Å²) in [5, 5.41) is 9.92. The molecule has 0 aromatic heterocycles. The van der Waals surface area contributed by atoms with Crippen molar-refractivity contribution in [3.05, 3.63) is 129 Å². The number of halogens is 2. The van der Waals surface area contributed by atoms with Gasteiger partial charge in [0.25, 0.3) is 0 Å². The molecule has 4 rings (SSSR count). The number of amides is 1. The first kappa shape index (κ1) is 29.5. The van der Waals surface area contributed by atoms with Gasteiger partial charge >= 0.3 is 5.97 Å². The van der Waals surface area contributed by atoms with Crippen molar-refractivity contribution in [3.63, 3.8) is 0 Å². The zero-order valence-corrected chi connectivity index (χ0v) is 24.3. The van der Waals surface area contributed by atoms with E-state index in [1.807, 2.05) is 90.7 Å². The number of benzene rings is 4. The lowest BCUT2D eigenvalue weighted by Crippen LogP contribution is -2.35. The van der Waals surface area contributed by atoms with Crippen molar-refractivity contribution in [2.24, 2.45) is 0 Å². The number of carbonyl (C=O) groups excluding carboxylic acids is 1. The second-order valence-electron chi connectivity index (χ2n) is 9.19. The molecule has 8 heteroatoms. The van der Waals surface area contributed by atoms with E-state index in [9.17, 15) is 9.59 Å². The molecule has 0 radical (unpaired) electrons. The number of aryl methyl sites for hydroxylation is 1. The summed E-state index contributed by atoms with van der Waals surface area (Å²) in [6.07, 6.45) is 0.308. The monoisotopic (exact) mass is 593 g/mol. The Kier molecular flexibility index (Phi) is 10.5. The minimum Gasteiger partial charge on any atom is -0.482 e. The third kappa shape index (κ3) is 8.04. The molecule has 0 saturated carbocycles. The van der Waals surface area contributed by atoms with Gasteiger partial charge in [-0.2, -0.15) is 0 Å². The molecule has 0 spiro atoms. The molecule has 4 aromatic carbocycles. The van der Waals surface area contributed by atoms with Crippen molar-refractivity contribution in [2.45, 2.75) is 30.8 Å². The highest BCUT2D eigenvalue weighted by Gasteiger charge is 2.27. The molecular formula is C32H29Cl2NO4S. The van der Waals surface area contributed by atoms with E-state index in [4.69, 9.17) is 33.0 Å². The van der Waals surface area contributed by atoms with Gasteiger partial charge in [-0.1, -0.05) is 89.9 Å². The van der Waals surface area contributed by atoms with Crippen molar-refractivity contribution in [3.8, 4) is 5.75 Å². The summed E-state index contributed by atoms with van der Waals surface area (Å²) in [6, 6.07) is 30.6. The minimum atomic E-state index is -1.02. The van der Waals surface area contributed by atoms with Gasteiger partial charge in [-0.25, -0.2) is 4.79 Å². The molecule has 0 heterocycles. The standard InChI is InChI=1S/C32H29Cl2NO4S/c1-22-18-27(14-15-29(22)39-21-31(37)38)40-17-16-30(36)35(20-25-12-13-26(33)19-28(25)34)32(23-8-4-2-5-9-23)24-10-6-3-7-11-24/h2-15,18-19,32H,16-17,20-21H2,1H3,(H,37,38). The van der Waals surface area contributed by atoms with Crippen LogP contribution in [-0.2, 0) is 16.1 Å². The first-order valence-corrected chi connectivity index (χ1v) is 14.5. The Bertz CT molecular complexity index is 1410. The van der Waals surface area contributed by atoms with Gasteiger partial charge in [0.1, 0.15) is 5.75 Å². The van der Waals surface area contributed by atoms with Crippen LogP contribution in [0.25, 0.3) is 0 Å². The Hall–Kier alpha value is -3.45. The first-order valence-electron chi connectivity index (χ1n) is 12.7. The Morgan fingerprint density at radius 3 is 2.12 bits per heavy atom. The number of thioether (sulfide) groups is 1. The largest absolute Gasteiger partial charge is 0.482 e. The highest BCUT2D eigenvalue weighted by atomic mass is 35.5. The van der Waals surface area contributed by atoms with E-state index in [-0.39, 0.29) is 18.6 Å². The maximum atomic E-state index is 13.9. The van der Waals surface area contributed by atoms with Gasteiger partial charge in [-0.15, -0.1) is 11.8 Å². The van der Waals surface area contributed by atoms with Crippen LogP contribution in [-0.4, -0.2) is 34.2 Å². The summed E-state index contributed by atoms with van der Waals surface area (Å²) in [6.45, 7) is 1.80. The van der Waals surface area contributed by atoms with Crippen LogP contribution in [0.4, 0.5) is 0 Å². The molecule has 0 saturated heterocycles. The van der Waals surface area contributed by atoms with E-state index in [0.29, 0.717) is 34.5 Å². The zero-order chi connectivity index (χ0) is 28.5. The van der Waals surface area contributed by atoms with E-state index in [1.165, 1.54) is 0 Å². The van der Waals surface area contributed by atoms with Crippen molar-refractivity contribution in [1.29, 1.82) is 0 Å². The fraction of sp³-hybridized carbons (Fsp3) is 0.188. The molecular weight excluding hydrogens is 565 g/mol. The molecule has 0 atom stereocenters. The van der Waals surface area contributed by atoms with Crippen LogP contribution in [0.1, 0.15) is 34.7 Å². The number of hydrogen-bond donors (Lipinski definition) is 1. The van der Waals surface area contributed by atoms with Gasteiger partial charge in [0.2, 0.25) is 5.91 Å². The van der Waals surface area contributed by atoms with Crippen LogP contribution in [0.5, 0.6) is 5.75 Å². The normalized spacial score (nSPS) is 10.9. The predicted octanol–water partition coefficient (Wildman–Crippen LogP) is 8.07. The molecule has 0 unspecified atom stereocenters. The van der Waals surface area contributed by atoms with E-state index in [0.717, 1.165) is 27.1 Å². The Morgan fingerprint density at radius 1 is 0.900 bits per heavy atom. The molecule has 1 amide bonds. The van der Waals surface area contributed by atoms with Crippen LogP contribution < -0.4 is 4.74 Å². The van der Waals surface area contributed by atoms with Crippen LogP contribution >= 0.6 is 35.0 Å². The lowest BCUT2D eigenvalue weighted by Gasteiger charge is -2.33. The molecule has 0 aliphatic rings. The smallest absolute Gasteiger partial charge is 0.341 e. The van der Waals surface area contributed by atoms with Gasteiger partial charge in [0.15, 0.2) is 6.61 Å². The van der Waals surface area contributed by atoms with Gasteiger partial charge in [-0.3, -0.25) is 4.79 Å². The average molecular weight is 595 g/mol. The molecule has 0 aliphatic heterocycles. The highest BCUT2D eigenvalue weighted by molar-refractivity contribution is 7.99. The topological polar surface area (TPSA) is 66.8 Å². The van der Waals surface area contributed by atoms with Gasteiger partial charge in [0.05, 0.1) is 6.04 Å². The van der Waals surface area contributed by atoms with Crippen LogP contribution in [0.15, 0.2) is 102 Å². The maximum absolute atomic E-state index is 13.9. The second kappa shape index (κ2) is 14.3. The van der Waals surface area contributed by atoms with Crippen LogP contribution in [0.3, 0.4) is 0 Å². The molecule has 1 N–H and O–H groups in total. The van der Waals surface area contributed by atoms with Crippen molar-refractivity contribution in [2.75, 3.05) is 12.4 Å². The number of aliphatic carboxylic acids is 1. The zero-order valence-electron chi connectivity index (χ0n) is 21.9. The Labute approximate surface area is 248 Å². The Morgan fingerprint density at radius 2 is 1.55 bits per heavy atom. The SMILES string of the molecule is Cc1cc(SCCC(=O)N(Cc2ccc(Cl)cc2Cl)C(c2ccccc2)c2ccccc2)ccc1OCC(=O)O. The van der Waals surface area contributed by atoms with E-state index in [2.05, 4.69) is 0 Å². The first-order chi connectivity index (χ1) is 19.3. The van der Waals surface area contributed by atoms with Crippen molar-refractivity contribution >= 4 is 46.8 Å².